The summed E-state index contributed by atoms with van der Waals surface area (Å²) in [6.07, 6.45) is 0.579. The highest BCUT2D eigenvalue weighted by Gasteiger charge is 2.47. The summed E-state index contributed by atoms with van der Waals surface area (Å²) in [6.45, 7) is 2.70. The Balaban J connectivity index is 1.28. The van der Waals surface area contributed by atoms with Gasteiger partial charge in [-0.15, -0.1) is 0 Å². The molecule has 2 atom stereocenters. The van der Waals surface area contributed by atoms with Crippen LogP contribution in [-0.4, -0.2) is 18.6 Å². The van der Waals surface area contributed by atoms with Crippen molar-refractivity contribution < 1.29 is 19.1 Å². The molecule has 2 aromatic carbocycles. The Kier molecular flexibility index (Phi) is 4.24. The van der Waals surface area contributed by atoms with E-state index in [2.05, 4.69) is 10.6 Å². The van der Waals surface area contributed by atoms with Gasteiger partial charge in [0, 0.05) is 18.3 Å². The molecule has 2 unspecified atom stereocenters. The first-order chi connectivity index (χ1) is 12.6. The van der Waals surface area contributed by atoms with E-state index in [1.807, 2.05) is 31.2 Å². The number of amides is 2. The fraction of sp³-hybridized carbons (Fsp3) is 0.300. The van der Waals surface area contributed by atoms with Crippen molar-refractivity contribution in [3.05, 3.63) is 53.6 Å². The molecule has 26 heavy (non-hydrogen) atoms. The molecular formula is C20H20N2O4. The molecule has 134 valence electrons. The number of carbonyl (C=O) groups is 2. The molecule has 0 spiro atoms. The number of anilines is 1. The fourth-order valence-electron chi connectivity index (χ4n) is 3.01. The second kappa shape index (κ2) is 6.71. The van der Waals surface area contributed by atoms with E-state index in [0.717, 1.165) is 5.56 Å². The first kappa shape index (κ1) is 16.4. The normalized spacial score (nSPS) is 19.7. The number of carbonyl (C=O) groups excluding carboxylic acids is 2. The van der Waals surface area contributed by atoms with Crippen LogP contribution in [0.25, 0.3) is 0 Å². The van der Waals surface area contributed by atoms with Crippen LogP contribution in [-0.2, 0) is 16.1 Å². The first-order valence-electron chi connectivity index (χ1n) is 8.64. The van der Waals surface area contributed by atoms with Gasteiger partial charge in [-0.2, -0.15) is 0 Å². The minimum atomic E-state index is -0.279. The largest absolute Gasteiger partial charge is 0.454 e. The molecule has 2 N–H and O–H groups in total. The summed E-state index contributed by atoms with van der Waals surface area (Å²) in [7, 11) is 0. The SMILES string of the molecule is Cc1ccc(CNC(=O)C2CC2C(=O)Nc2ccc3c(c2)OCO3)cc1. The fourth-order valence-corrected chi connectivity index (χ4v) is 3.01. The van der Waals surface area contributed by atoms with Gasteiger partial charge in [-0.25, -0.2) is 0 Å². The van der Waals surface area contributed by atoms with Crippen LogP contribution in [0.5, 0.6) is 11.5 Å². The second-order valence-electron chi connectivity index (χ2n) is 6.71. The zero-order valence-electron chi connectivity index (χ0n) is 14.5. The topological polar surface area (TPSA) is 76.7 Å². The molecule has 2 aromatic rings. The number of hydrogen-bond donors (Lipinski definition) is 2. The van der Waals surface area contributed by atoms with Crippen molar-refractivity contribution in [2.24, 2.45) is 11.8 Å². The molecule has 6 nitrogen and oxygen atoms in total. The van der Waals surface area contributed by atoms with E-state index >= 15 is 0 Å². The molecule has 1 fully saturated rings. The third-order valence-electron chi connectivity index (χ3n) is 4.69. The molecule has 0 bridgehead atoms. The van der Waals surface area contributed by atoms with Crippen LogP contribution in [0.4, 0.5) is 5.69 Å². The Bertz CT molecular complexity index is 847. The number of fused-ring (bicyclic) bond motifs is 1. The predicted molar refractivity (Wildman–Crippen MR) is 95.8 cm³/mol. The predicted octanol–water partition coefficient (Wildman–Crippen LogP) is 2.61. The van der Waals surface area contributed by atoms with Crippen molar-refractivity contribution >= 4 is 17.5 Å². The smallest absolute Gasteiger partial charge is 0.231 e. The van der Waals surface area contributed by atoms with Crippen molar-refractivity contribution in [3.63, 3.8) is 0 Å². The van der Waals surface area contributed by atoms with E-state index < -0.39 is 0 Å². The lowest BCUT2D eigenvalue weighted by Crippen LogP contribution is -2.27. The van der Waals surface area contributed by atoms with E-state index in [9.17, 15) is 9.59 Å². The van der Waals surface area contributed by atoms with E-state index in [1.54, 1.807) is 18.2 Å². The zero-order valence-corrected chi connectivity index (χ0v) is 14.5. The first-order valence-corrected chi connectivity index (χ1v) is 8.64. The van der Waals surface area contributed by atoms with Crippen LogP contribution in [0.2, 0.25) is 0 Å². The van der Waals surface area contributed by atoms with Crippen molar-refractivity contribution in [3.8, 4) is 11.5 Å². The van der Waals surface area contributed by atoms with Gasteiger partial charge in [0.15, 0.2) is 11.5 Å². The summed E-state index contributed by atoms with van der Waals surface area (Å²) in [4.78, 5) is 24.6. The van der Waals surface area contributed by atoms with Crippen LogP contribution < -0.4 is 20.1 Å². The maximum Gasteiger partial charge on any atom is 0.231 e. The van der Waals surface area contributed by atoms with Crippen molar-refractivity contribution in [1.82, 2.24) is 5.32 Å². The van der Waals surface area contributed by atoms with Gasteiger partial charge in [0.25, 0.3) is 0 Å². The second-order valence-corrected chi connectivity index (χ2v) is 6.71. The van der Waals surface area contributed by atoms with E-state index in [-0.39, 0.29) is 30.4 Å². The molecule has 1 saturated carbocycles. The molecule has 4 rings (SSSR count). The summed E-state index contributed by atoms with van der Waals surface area (Å²) in [5, 5.41) is 5.75. The van der Waals surface area contributed by atoms with Crippen LogP contribution in [0.3, 0.4) is 0 Å². The molecule has 0 saturated heterocycles. The minimum Gasteiger partial charge on any atom is -0.454 e. The average molecular weight is 352 g/mol. The van der Waals surface area contributed by atoms with Crippen LogP contribution in [0.15, 0.2) is 42.5 Å². The van der Waals surface area contributed by atoms with Gasteiger partial charge in [-0.3, -0.25) is 9.59 Å². The highest BCUT2D eigenvalue weighted by molar-refractivity contribution is 5.99. The van der Waals surface area contributed by atoms with E-state index in [1.165, 1.54) is 5.56 Å². The minimum absolute atomic E-state index is 0.0728. The Morgan fingerprint density at radius 3 is 2.54 bits per heavy atom. The number of rotatable bonds is 5. The Labute approximate surface area is 151 Å². The summed E-state index contributed by atoms with van der Waals surface area (Å²) in [5.41, 5.74) is 2.87. The summed E-state index contributed by atoms with van der Waals surface area (Å²) in [6, 6.07) is 13.3. The summed E-state index contributed by atoms with van der Waals surface area (Å²) >= 11 is 0. The van der Waals surface area contributed by atoms with E-state index in [0.29, 0.717) is 30.2 Å². The highest BCUT2D eigenvalue weighted by atomic mass is 16.7. The molecule has 0 radical (unpaired) electrons. The van der Waals surface area contributed by atoms with Crippen molar-refractivity contribution in [2.45, 2.75) is 19.9 Å². The molecule has 6 heteroatoms. The lowest BCUT2D eigenvalue weighted by molar-refractivity contribution is -0.125. The lowest BCUT2D eigenvalue weighted by Gasteiger charge is -2.07. The number of aryl methyl sites for hydroxylation is 1. The van der Waals surface area contributed by atoms with Gasteiger partial charge in [0.2, 0.25) is 18.6 Å². The quantitative estimate of drug-likeness (QED) is 0.867. The number of nitrogens with one attached hydrogen (secondary N) is 2. The van der Waals surface area contributed by atoms with Crippen LogP contribution in [0, 0.1) is 18.8 Å². The third-order valence-corrected chi connectivity index (χ3v) is 4.69. The van der Waals surface area contributed by atoms with Crippen molar-refractivity contribution in [1.29, 1.82) is 0 Å². The van der Waals surface area contributed by atoms with Crippen LogP contribution >= 0.6 is 0 Å². The maximum absolute atomic E-state index is 12.3. The highest BCUT2D eigenvalue weighted by Crippen LogP contribution is 2.40. The lowest BCUT2D eigenvalue weighted by atomic mass is 10.1. The Hall–Kier alpha value is -3.02. The van der Waals surface area contributed by atoms with Gasteiger partial charge < -0.3 is 20.1 Å². The van der Waals surface area contributed by atoms with Gasteiger partial charge in [0.05, 0.1) is 11.8 Å². The van der Waals surface area contributed by atoms with Gasteiger partial charge in [-0.1, -0.05) is 29.8 Å². The summed E-state index contributed by atoms with van der Waals surface area (Å²) < 4.78 is 10.5. The number of hydrogen-bond acceptors (Lipinski definition) is 4. The van der Waals surface area contributed by atoms with Gasteiger partial charge >= 0.3 is 0 Å². The summed E-state index contributed by atoms with van der Waals surface area (Å²) in [5.74, 6) is 0.539. The zero-order chi connectivity index (χ0) is 18.1. The third kappa shape index (κ3) is 3.49. The molecule has 2 aliphatic rings. The molecular weight excluding hydrogens is 332 g/mol. The molecule has 2 amide bonds. The molecule has 1 heterocycles. The molecule has 0 aromatic heterocycles. The monoisotopic (exact) mass is 352 g/mol. The van der Waals surface area contributed by atoms with E-state index in [4.69, 9.17) is 9.47 Å². The number of benzene rings is 2. The maximum atomic E-state index is 12.3. The standard InChI is InChI=1S/C20H20N2O4/c1-12-2-4-13(5-3-12)10-21-19(23)15-9-16(15)20(24)22-14-6-7-17-18(8-14)26-11-25-17/h2-8,15-16H,9-11H2,1H3,(H,21,23)(H,22,24). The van der Waals surface area contributed by atoms with Gasteiger partial charge in [0.1, 0.15) is 0 Å². The van der Waals surface area contributed by atoms with Crippen LogP contribution in [0.1, 0.15) is 17.5 Å². The average Bonchev–Trinajstić information content (AvgIpc) is 3.32. The number of ether oxygens (including phenoxy) is 2. The molecule has 1 aliphatic heterocycles. The Morgan fingerprint density at radius 2 is 1.73 bits per heavy atom. The van der Waals surface area contributed by atoms with Crippen molar-refractivity contribution in [2.75, 3.05) is 12.1 Å². The van der Waals surface area contributed by atoms with Gasteiger partial charge in [-0.05, 0) is 31.0 Å². The Morgan fingerprint density at radius 1 is 1.00 bits per heavy atom. The molecule has 1 aliphatic carbocycles.